The van der Waals surface area contributed by atoms with Gasteiger partial charge in [0, 0.05) is 24.4 Å². The number of urea groups is 1. The molecule has 1 N–H and O–H groups in total. The van der Waals surface area contributed by atoms with E-state index in [1.807, 2.05) is 0 Å². The number of fused-ring (bicyclic) bond motifs is 2. The van der Waals surface area contributed by atoms with Crippen LogP contribution in [0.25, 0.3) is 0 Å². The van der Waals surface area contributed by atoms with Crippen molar-refractivity contribution in [2.24, 2.45) is 22.7 Å². The zero-order valence-corrected chi connectivity index (χ0v) is 15.3. The third kappa shape index (κ3) is 3.06. The minimum absolute atomic E-state index is 0.129. The number of nitro groups is 1. The van der Waals surface area contributed by atoms with Gasteiger partial charge in [0.15, 0.2) is 5.92 Å². The molecule has 4 amide bonds. The summed E-state index contributed by atoms with van der Waals surface area (Å²) in [4.78, 5) is 53.3. The molecule has 2 bridgehead atoms. The molecule has 0 radical (unpaired) electrons. The van der Waals surface area contributed by atoms with Crippen molar-refractivity contribution in [3.05, 3.63) is 33.9 Å². The summed E-state index contributed by atoms with van der Waals surface area (Å²) in [6, 6.07) is 3.37. The molecule has 9 nitrogen and oxygen atoms in total. The van der Waals surface area contributed by atoms with Crippen molar-refractivity contribution < 1.29 is 19.3 Å². The summed E-state index contributed by atoms with van der Waals surface area (Å²) in [5, 5.41) is 13.2. The zero-order valence-electron chi connectivity index (χ0n) is 15.3. The Labute approximate surface area is 161 Å². The summed E-state index contributed by atoms with van der Waals surface area (Å²) in [5.74, 6) is -1.69. The van der Waals surface area contributed by atoms with E-state index in [1.54, 1.807) is 13.0 Å². The number of aliphatic imine (C=N–C) groups is 1. The van der Waals surface area contributed by atoms with Crippen LogP contribution in [0.3, 0.4) is 0 Å². The standard InChI is InChI=1S/C19H20N4O5/c1-10-2-5-13(23(27)28)8-15(10)20-9-14-17(24)21-19(26)22(18(14)25)16-7-11-3-4-12(16)6-11/h2,5,8-9,11-12,14,16H,3-4,6-7H2,1H3,(H,21,24,26)/t11-,12-,14+,16+/m0/s1. The fraction of sp³-hybridized carbons (Fsp3) is 0.474. The van der Waals surface area contributed by atoms with Crippen molar-refractivity contribution in [3.8, 4) is 0 Å². The monoisotopic (exact) mass is 384 g/mol. The Hall–Kier alpha value is -3.10. The molecule has 2 saturated carbocycles. The predicted octanol–water partition coefficient (Wildman–Crippen LogP) is 2.49. The lowest BCUT2D eigenvalue weighted by molar-refractivity contribution is -0.384. The summed E-state index contributed by atoms with van der Waals surface area (Å²) < 4.78 is 0. The Kier molecular flexibility index (Phi) is 4.44. The molecule has 1 aromatic carbocycles. The molecule has 2 aliphatic carbocycles. The van der Waals surface area contributed by atoms with Crippen molar-refractivity contribution in [1.82, 2.24) is 10.2 Å². The molecule has 1 saturated heterocycles. The van der Waals surface area contributed by atoms with Gasteiger partial charge in [0.2, 0.25) is 11.8 Å². The first-order chi connectivity index (χ1) is 13.3. The third-order valence-corrected chi connectivity index (χ3v) is 6.03. The highest BCUT2D eigenvalue weighted by molar-refractivity contribution is 6.23. The van der Waals surface area contributed by atoms with Gasteiger partial charge in [-0.25, -0.2) is 4.79 Å². The molecule has 0 spiro atoms. The Bertz CT molecular complexity index is 912. The first-order valence-electron chi connectivity index (χ1n) is 9.32. The molecule has 3 aliphatic rings. The third-order valence-electron chi connectivity index (χ3n) is 6.03. The number of rotatable bonds is 4. The highest BCUT2D eigenvalue weighted by Gasteiger charge is 2.50. The number of non-ortho nitro benzene ring substituents is 1. The number of imide groups is 2. The topological polar surface area (TPSA) is 122 Å². The van der Waals surface area contributed by atoms with Crippen LogP contribution in [-0.2, 0) is 9.59 Å². The second-order valence-electron chi connectivity index (χ2n) is 7.73. The fourth-order valence-corrected chi connectivity index (χ4v) is 4.58. The van der Waals surface area contributed by atoms with E-state index in [1.165, 1.54) is 23.2 Å². The molecule has 0 unspecified atom stereocenters. The summed E-state index contributed by atoms with van der Waals surface area (Å²) in [7, 11) is 0. The Morgan fingerprint density at radius 1 is 1.25 bits per heavy atom. The maximum Gasteiger partial charge on any atom is 0.331 e. The molecule has 4 rings (SSSR count). The average molecular weight is 384 g/mol. The number of carbonyl (C=O) groups is 3. The van der Waals surface area contributed by atoms with Crippen LogP contribution in [0.5, 0.6) is 0 Å². The van der Waals surface area contributed by atoms with Crippen molar-refractivity contribution >= 4 is 35.4 Å². The lowest BCUT2D eigenvalue weighted by atomic mass is 9.92. The molecule has 4 atom stereocenters. The SMILES string of the molecule is Cc1ccc([N+](=O)[O-])cc1N=C[C@@H]1C(=O)NC(=O)N([C@@H]2C[C@H]3CC[C@H]2C3)C1=O. The number of nitrogens with zero attached hydrogens (tertiary/aromatic N) is 3. The van der Waals surface area contributed by atoms with E-state index in [9.17, 15) is 24.5 Å². The van der Waals surface area contributed by atoms with E-state index in [-0.39, 0.29) is 11.7 Å². The van der Waals surface area contributed by atoms with E-state index >= 15 is 0 Å². The number of nitro benzene ring substituents is 1. The lowest BCUT2D eigenvalue weighted by Gasteiger charge is -2.36. The van der Waals surface area contributed by atoms with Gasteiger partial charge >= 0.3 is 6.03 Å². The number of nitrogens with one attached hydrogen (secondary N) is 1. The van der Waals surface area contributed by atoms with Gasteiger partial charge in [-0.1, -0.05) is 12.5 Å². The van der Waals surface area contributed by atoms with Gasteiger partial charge in [-0.15, -0.1) is 0 Å². The minimum atomic E-state index is -1.23. The lowest BCUT2D eigenvalue weighted by Crippen LogP contribution is -2.62. The smallest absolute Gasteiger partial charge is 0.277 e. The molecular weight excluding hydrogens is 364 g/mol. The van der Waals surface area contributed by atoms with Gasteiger partial charge in [0.05, 0.1) is 10.6 Å². The van der Waals surface area contributed by atoms with Crippen LogP contribution in [0, 0.1) is 34.8 Å². The van der Waals surface area contributed by atoms with E-state index in [0.717, 1.165) is 25.7 Å². The van der Waals surface area contributed by atoms with E-state index in [4.69, 9.17) is 0 Å². The second-order valence-corrected chi connectivity index (χ2v) is 7.73. The average Bonchev–Trinajstić information content (AvgIpc) is 3.25. The maximum atomic E-state index is 12.9. The molecule has 0 aromatic heterocycles. The van der Waals surface area contributed by atoms with Crippen LogP contribution in [0.2, 0.25) is 0 Å². The number of carbonyl (C=O) groups excluding carboxylic acids is 3. The van der Waals surface area contributed by atoms with Crippen molar-refractivity contribution in [3.63, 3.8) is 0 Å². The van der Waals surface area contributed by atoms with Gasteiger partial charge < -0.3 is 0 Å². The number of benzene rings is 1. The molecule has 1 aliphatic heterocycles. The summed E-state index contributed by atoms with van der Waals surface area (Å²) in [5.41, 5.74) is 0.848. The Balaban J connectivity index is 1.58. The highest BCUT2D eigenvalue weighted by atomic mass is 16.6. The van der Waals surface area contributed by atoms with Gasteiger partial charge in [-0.05, 0) is 43.6 Å². The van der Waals surface area contributed by atoms with Gasteiger partial charge in [-0.2, -0.15) is 0 Å². The van der Waals surface area contributed by atoms with Crippen molar-refractivity contribution in [2.45, 2.75) is 38.6 Å². The van der Waals surface area contributed by atoms with Crippen LogP contribution in [0.15, 0.2) is 23.2 Å². The number of barbiturate groups is 1. The van der Waals surface area contributed by atoms with Gasteiger partial charge in [0.25, 0.3) is 5.69 Å². The Morgan fingerprint density at radius 2 is 2.04 bits per heavy atom. The first-order valence-corrected chi connectivity index (χ1v) is 9.32. The van der Waals surface area contributed by atoms with Gasteiger partial charge in [0.1, 0.15) is 0 Å². The highest BCUT2D eigenvalue weighted by Crippen LogP contribution is 2.47. The molecular formula is C19H20N4O5. The summed E-state index contributed by atoms with van der Waals surface area (Å²) >= 11 is 0. The number of hydrogen-bond donors (Lipinski definition) is 1. The molecule has 9 heteroatoms. The maximum absolute atomic E-state index is 12.9. The van der Waals surface area contributed by atoms with Crippen LogP contribution >= 0.6 is 0 Å². The van der Waals surface area contributed by atoms with Crippen molar-refractivity contribution in [1.29, 1.82) is 0 Å². The van der Waals surface area contributed by atoms with E-state index in [2.05, 4.69) is 10.3 Å². The quantitative estimate of drug-likeness (QED) is 0.370. The molecule has 28 heavy (non-hydrogen) atoms. The van der Waals surface area contributed by atoms with Crippen molar-refractivity contribution in [2.75, 3.05) is 0 Å². The van der Waals surface area contributed by atoms with Crippen LogP contribution in [-0.4, -0.2) is 39.9 Å². The summed E-state index contributed by atoms with van der Waals surface area (Å²) in [6.07, 6.45) is 5.09. The fourth-order valence-electron chi connectivity index (χ4n) is 4.58. The van der Waals surface area contributed by atoms with E-state index in [0.29, 0.717) is 23.1 Å². The van der Waals surface area contributed by atoms with Crippen LogP contribution in [0.1, 0.15) is 31.2 Å². The van der Waals surface area contributed by atoms with Crippen LogP contribution < -0.4 is 5.32 Å². The Morgan fingerprint density at radius 3 is 2.68 bits per heavy atom. The predicted molar refractivity (Wildman–Crippen MR) is 99.1 cm³/mol. The number of amides is 4. The van der Waals surface area contributed by atoms with Crippen LogP contribution in [0.4, 0.5) is 16.2 Å². The molecule has 1 aromatic rings. The van der Waals surface area contributed by atoms with Gasteiger partial charge in [-0.3, -0.25) is 34.9 Å². The minimum Gasteiger partial charge on any atom is -0.277 e. The summed E-state index contributed by atoms with van der Waals surface area (Å²) in [6.45, 7) is 1.73. The first kappa shape index (κ1) is 18.3. The number of hydrogen-bond acceptors (Lipinski definition) is 6. The number of aryl methyl sites for hydroxylation is 1. The zero-order chi connectivity index (χ0) is 20.0. The molecule has 3 fully saturated rings. The molecule has 1 heterocycles. The van der Waals surface area contributed by atoms with E-state index < -0.39 is 28.7 Å². The normalized spacial score (nSPS) is 29.6. The molecule has 146 valence electrons. The largest absolute Gasteiger partial charge is 0.331 e. The second kappa shape index (κ2) is 6.81.